The predicted octanol–water partition coefficient (Wildman–Crippen LogP) is 9.90. The predicted molar refractivity (Wildman–Crippen MR) is 140 cm³/mol. The van der Waals surface area contributed by atoms with E-state index < -0.39 is 0 Å². The van der Waals surface area contributed by atoms with Gasteiger partial charge in [0.1, 0.15) is 0 Å². The molecule has 9 atom stereocenters. The Morgan fingerprint density at radius 3 is 2.29 bits per heavy atom. The van der Waals surface area contributed by atoms with E-state index in [0.29, 0.717) is 10.8 Å². The summed E-state index contributed by atoms with van der Waals surface area (Å²) in [6, 6.07) is 0. The van der Waals surface area contributed by atoms with E-state index in [-0.39, 0.29) is 0 Å². The fourth-order valence-corrected chi connectivity index (χ4v) is 10.3. The second-order valence-corrected chi connectivity index (χ2v) is 14.5. The molecule has 4 fully saturated rings. The van der Waals surface area contributed by atoms with Crippen molar-refractivity contribution in [3.05, 3.63) is 0 Å². The molecule has 4 aliphatic rings. The van der Waals surface area contributed by atoms with Gasteiger partial charge >= 0.3 is 0 Å². The van der Waals surface area contributed by atoms with E-state index in [9.17, 15) is 0 Å². The zero-order valence-corrected chi connectivity index (χ0v) is 23.2. The van der Waals surface area contributed by atoms with Gasteiger partial charge in [-0.3, -0.25) is 0 Å². The van der Waals surface area contributed by atoms with Gasteiger partial charge in [-0.05, 0) is 129 Å². The molecule has 0 aromatic heterocycles. The summed E-state index contributed by atoms with van der Waals surface area (Å²) in [6.45, 7) is 12.9. The van der Waals surface area contributed by atoms with Crippen molar-refractivity contribution in [2.75, 3.05) is 5.33 Å². The maximum atomic E-state index is 3.67. The molecule has 0 saturated heterocycles. The number of hydrogen-bond acceptors (Lipinski definition) is 0. The van der Waals surface area contributed by atoms with Crippen molar-refractivity contribution in [3.8, 4) is 0 Å². The molecule has 0 unspecified atom stereocenters. The highest BCUT2D eigenvalue weighted by atomic mass is 79.9. The summed E-state index contributed by atoms with van der Waals surface area (Å²) < 4.78 is 0. The molecule has 0 amide bonds. The van der Waals surface area contributed by atoms with Gasteiger partial charge in [-0.2, -0.15) is 0 Å². The van der Waals surface area contributed by atoms with Crippen LogP contribution in [0.1, 0.15) is 125 Å². The van der Waals surface area contributed by atoms with E-state index in [0.717, 1.165) is 47.3 Å². The van der Waals surface area contributed by atoms with E-state index in [4.69, 9.17) is 0 Å². The Hall–Kier alpha value is 0.480. The van der Waals surface area contributed by atoms with Crippen LogP contribution >= 0.6 is 15.9 Å². The summed E-state index contributed by atoms with van der Waals surface area (Å²) in [5.74, 6) is 8.07. The lowest BCUT2D eigenvalue weighted by molar-refractivity contribution is -0.121. The minimum absolute atomic E-state index is 0.661. The monoisotopic (exact) mass is 492 g/mol. The Morgan fingerprint density at radius 1 is 0.806 bits per heavy atom. The number of alkyl halides is 1. The first-order valence-electron chi connectivity index (χ1n) is 14.4. The third-order valence-electron chi connectivity index (χ3n) is 11.7. The quantitative estimate of drug-likeness (QED) is 0.295. The zero-order chi connectivity index (χ0) is 22.2. The first-order valence-corrected chi connectivity index (χ1v) is 15.5. The molecular weight excluding hydrogens is 440 g/mol. The van der Waals surface area contributed by atoms with Gasteiger partial charge in [-0.25, -0.2) is 0 Å². The van der Waals surface area contributed by atoms with Gasteiger partial charge < -0.3 is 0 Å². The van der Waals surface area contributed by atoms with Crippen molar-refractivity contribution in [1.29, 1.82) is 0 Å². The molecule has 4 rings (SSSR count). The second-order valence-electron chi connectivity index (χ2n) is 13.7. The molecule has 0 aromatic rings. The van der Waals surface area contributed by atoms with Crippen LogP contribution in [0.4, 0.5) is 0 Å². The van der Waals surface area contributed by atoms with Crippen molar-refractivity contribution in [1.82, 2.24) is 0 Å². The van der Waals surface area contributed by atoms with Gasteiger partial charge in [0, 0.05) is 5.33 Å². The minimum Gasteiger partial charge on any atom is -0.0928 e. The van der Waals surface area contributed by atoms with Crippen molar-refractivity contribution in [2.24, 2.45) is 58.2 Å². The van der Waals surface area contributed by atoms with Crippen LogP contribution in [-0.2, 0) is 0 Å². The number of hydrogen-bond donors (Lipinski definition) is 0. The Morgan fingerprint density at radius 2 is 1.55 bits per heavy atom. The third-order valence-corrected chi connectivity index (χ3v) is 12.3. The molecule has 0 nitrogen and oxygen atoms in total. The van der Waals surface area contributed by atoms with Crippen LogP contribution in [0.15, 0.2) is 0 Å². The number of halogens is 1. The summed E-state index contributed by atoms with van der Waals surface area (Å²) >= 11 is 3.67. The number of rotatable bonds is 8. The molecule has 0 bridgehead atoms. The molecule has 180 valence electrons. The summed E-state index contributed by atoms with van der Waals surface area (Å²) in [5.41, 5.74) is 1.34. The Bertz CT molecular complexity index is 583. The topological polar surface area (TPSA) is 0 Å². The van der Waals surface area contributed by atoms with Gasteiger partial charge in [-0.1, -0.05) is 69.8 Å². The fourth-order valence-electron chi connectivity index (χ4n) is 10.00. The highest BCUT2D eigenvalue weighted by molar-refractivity contribution is 9.09. The summed E-state index contributed by atoms with van der Waals surface area (Å²) in [7, 11) is 0. The van der Waals surface area contributed by atoms with Crippen molar-refractivity contribution >= 4 is 15.9 Å². The van der Waals surface area contributed by atoms with E-state index in [1.165, 1.54) is 43.9 Å². The molecule has 0 N–H and O–H groups in total. The van der Waals surface area contributed by atoms with E-state index in [1.807, 2.05) is 0 Å². The molecule has 0 spiro atoms. The highest BCUT2D eigenvalue weighted by Gasteiger charge is 2.60. The molecular formula is C30H53Br. The highest BCUT2D eigenvalue weighted by Crippen LogP contribution is 2.68. The second kappa shape index (κ2) is 10.00. The minimum atomic E-state index is 0.661. The molecule has 0 heterocycles. The van der Waals surface area contributed by atoms with E-state index in [2.05, 4.69) is 50.5 Å². The average molecular weight is 494 g/mol. The number of fused-ring (bicyclic) bond motifs is 5. The smallest absolute Gasteiger partial charge is 0.00314 e. The molecule has 1 heteroatoms. The van der Waals surface area contributed by atoms with Crippen LogP contribution in [0.25, 0.3) is 0 Å². The van der Waals surface area contributed by atoms with Gasteiger partial charge in [0.25, 0.3) is 0 Å². The molecule has 0 aromatic carbocycles. The first-order chi connectivity index (χ1) is 14.8. The van der Waals surface area contributed by atoms with Crippen molar-refractivity contribution in [2.45, 2.75) is 125 Å². The maximum absolute atomic E-state index is 3.67. The van der Waals surface area contributed by atoms with Gasteiger partial charge in [0.2, 0.25) is 0 Å². The lowest BCUT2D eigenvalue weighted by Gasteiger charge is -2.61. The third kappa shape index (κ3) is 4.71. The molecule has 31 heavy (non-hydrogen) atoms. The van der Waals surface area contributed by atoms with Crippen LogP contribution < -0.4 is 0 Å². The Balaban J connectivity index is 1.41. The summed E-state index contributed by atoms with van der Waals surface area (Å²) in [5, 5.41) is 1.20. The molecule has 0 aliphatic heterocycles. The first kappa shape index (κ1) is 24.6. The van der Waals surface area contributed by atoms with Crippen molar-refractivity contribution < 1.29 is 0 Å². The standard InChI is InChI=1S/C30H53Br/c1-21(2)8-6-9-22(3)26-13-14-27-25-12-11-24-20-23(10-7-19-31)15-17-29(24,4)28(25)16-18-30(26,27)5/h21-28H,6-20H2,1-5H3/t22-,23+,24+,25+,26-,27+,28+,29+,30-/m1/s1. The van der Waals surface area contributed by atoms with Gasteiger partial charge in [-0.15, -0.1) is 0 Å². The lowest BCUT2D eigenvalue weighted by atomic mass is 9.44. The van der Waals surface area contributed by atoms with Crippen LogP contribution in [-0.4, -0.2) is 5.33 Å². The van der Waals surface area contributed by atoms with Crippen LogP contribution in [0, 0.1) is 58.2 Å². The Kier molecular flexibility index (Phi) is 7.93. The molecule has 0 radical (unpaired) electrons. The van der Waals surface area contributed by atoms with E-state index >= 15 is 0 Å². The average Bonchev–Trinajstić information content (AvgIpc) is 3.09. The summed E-state index contributed by atoms with van der Waals surface area (Å²) in [4.78, 5) is 0. The van der Waals surface area contributed by atoms with E-state index in [1.54, 1.807) is 51.4 Å². The van der Waals surface area contributed by atoms with Crippen LogP contribution in [0.2, 0.25) is 0 Å². The molecule has 4 saturated carbocycles. The summed E-state index contributed by atoms with van der Waals surface area (Å²) in [6.07, 6.45) is 21.2. The lowest BCUT2D eigenvalue weighted by Crippen LogP contribution is -2.53. The zero-order valence-electron chi connectivity index (χ0n) is 21.6. The largest absolute Gasteiger partial charge is 0.0928 e. The SMILES string of the molecule is CC(C)CCC[C@@H](C)[C@H]1CC[C@H]2[C@@H]3CC[C@H]4C[C@@H](CCCBr)CC[C@]4(C)[C@H]3CC[C@]12C. The Labute approximate surface area is 203 Å². The van der Waals surface area contributed by atoms with Gasteiger partial charge in [0.15, 0.2) is 0 Å². The van der Waals surface area contributed by atoms with Crippen molar-refractivity contribution in [3.63, 3.8) is 0 Å². The maximum Gasteiger partial charge on any atom is 0.00314 e. The molecule has 4 aliphatic carbocycles. The van der Waals surface area contributed by atoms with Crippen LogP contribution in [0.5, 0.6) is 0 Å². The normalized spacial score (nSPS) is 45.8. The van der Waals surface area contributed by atoms with Crippen LogP contribution in [0.3, 0.4) is 0 Å². The van der Waals surface area contributed by atoms with Gasteiger partial charge in [0.05, 0.1) is 0 Å². The fraction of sp³-hybridized carbons (Fsp3) is 1.00.